The number of halogens is 1. The van der Waals surface area contributed by atoms with Crippen LogP contribution in [0, 0.1) is 12.7 Å². The number of likely N-dealkylation sites (tertiary alicyclic amines) is 1. The van der Waals surface area contributed by atoms with E-state index in [4.69, 9.17) is 13.9 Å². The lowest BCUT2D eigenvalue weighted by Gasteiger charge is -2.32. The van der Waals surface area contributed by atoms with Crippen molar-refractivity contribution in [1.29, 1.82) is 0 Å². The Morgan fingerprint density at radius 3 is 2.46 bits per heavy atom. The van der Waals surface area contributed by atoms with Gasteiger partial charge in [-0.3, -0.25) is 9.69 Å². The van der Waals surface area contributed by atoms with Gasteiger partial charge in [-0.05, 0) is 86.0 Å². The van der Waals surface area contributed by atoms with Crippen LogP contribution in [-0.2, 0) is 6.54 Å². The lowest BCUT2D eigenvalue weighted by Crippen LogP contribution is -2.37. The second-order valence-corrected chi connectivity index (χ2v) is 10.3. The van der Waals surface area contributed by atoms with Gasteiger partial charge in [-0.1, -0.05) is 23.8 Å². The van der Waals surface area contributed by atoms with Crippen molar-refractivity contribution in [3.63, 3.8) is 0 Å². The number of rotatable bonds is 8. The molecule has 0 unspecified atom stereocenters. The lowest BCUT2D eigenvalue weighted by molar-refractivity contribution is 0.0968. The van der Waals surface area contributed by atoms with Gasteiger partial charge in [-0.25, -0.2) is 9.37 Å². The quantitative estimate of drug-likeness (QED) is 0.217. The first kappa shape index (κ1) is 26.5. The van der Waals surface area contributed by atoms with Crippen molar-refractivity contribution in [2.75, 3.05) is 18.4 Å². The Morgan fingerprint density at radius 2 is 1.73 bits per heavy atom. The minimum Gasteiger partial charge on any atom is -0.490 e. The Labute approximate surface area is 237 Å². The smallest absolute Gasteiger partial charge is 0.291 e. The molecule has 208 valence electrons. The van der Waals surface area contributed by atoms with E-state index in [2.05, 4.69) is 40.3 Å². The van der Waals surface area contributed by atoms with Gasteiger partial charge >= 0.3 is 0 Å². The van der Waals surface area contributed by atoms with Crippen LogP contribution in [0.4, 0.5) is 10.1 Å². The molecule has 3 heterocycles. The van der Waals surface area contributed by atoms with E-state index in [1.165, 1.54) is 41.6 Å². The maximum Gasteiger partial charge on any atom is 0.291 e. The summed E-state index contributed by atoms with van der Waals surface area (Å²) in [6.07, 6.45) is 3.70. The van der Waals surface area contributed by atoms with Gasteiger partial charge in [-0.15, -0.1) is 0 Å². The second-order valence-electron chi connectivity index (χ2n) is 10.3. The van der Waals surface area contributed by atoms with Crippen molar-refractivity contribution in [1.82, 2.24) is 9.88 Å². The summed E-state index contributed by atoms with van der Waals surface area (Å²) in [5, 5.41) is 3.68. The van der Waals surface area contributed by atoms with E-state index in [1.54, 1.807) is 18.2 Å². The number of aromatic nitrogens is 1. The third-order valence-electron chi connectivity index (χ3n) is 7.10. The fraction of sp³-hybridized carbons (Fsp3) is 0.212. The molecule has 1 aliphatic rings. The molecule has 3 aromatic carbocycles. The molecule has 41 heavy (non-hydrogen) atoms. The lowest BCUT2D eigenvalue weighted by atomic mass is 10.1. The SMILES string of the molecule is Cc1ccc(OC2CCN(Cc3ccc4oc(C(=O)Nc5ccc(Oc6ccc(F)cc6)nc5)cc4c3)CC2)cc1. The van der Waals surface area contributed by atoms with Crippen molar-refractivity contribution < 1.29 is 23.1 Å². The Kier molecular flexibility index (Phi) is 7.65. The number of benzene rings is 3. The molecule has 0 bridgehead atoms. The average Bonchev–Trinajstić information content (AvgIpc) is 3.41. The maximum atomic E-state index is 13.1. The predicted octanol–water partition coefficient (Wildman–Crippen LogP) is 7.36. The van der Waals surface area contributed by atoms with Gasteiger partial charge in [0, 0.05) is 31.1 Å². The van der Waals surface area contributed by atoms with Crippen LogP contribution in [0.2, 0.25) is 0 Å². The minimum absolute atomic E-state index is 0.220. The summed E-state index contributed by atoms with van der Waals surface area (Å²) >= 11 is 0. The minimum atomic E-state index is -0.368. The first-order valence-electron chi connectivity index (χ1n) is 13.7. The first-order chi connectivity index (χ1) is 20.0. The summed E-state index contributed by atoms with van der Waals surface area (Å²) < 4.78 is 30.7. The topological polar surface area (TPSA) is 76.8 Å². The van der Waals surface area contributed by atoms with Crippen molar-refractivity contribution >= 4 is 22.6 Å². The van der Waals surface area contributed by atoms with Crippen LogP contribution >= 0.6 is 0 Å². The molecule has 8 heteroatoms. The number of nitrogens with one attached hydrogen (secondary N) is 1. The van der Waals surface area contributed by atoms with Gasteiger partial charge in [0.25, 0.3) is 5.91 Å². The number of carbonyl (C=O) groups excluding carboxylic acids is 1. The van der Waals surface area contributed by atoms with Gasteiger partial charge in [0.05, 0.1) is 11.9 Å². The molecule has 7 nitrogen and oxygen atoms in total. The Balaban J connectivity index is 1.02. The predicted molar refractivity (Wildman–Crippen MR) is 155 cm³/mol. The number of piperidine rings is 1. The molecule has 1 N–H and O–H groups in total. The van der Waals surface area contributed by atoms with Gasteiger partial charge in [-0.2, -0.15) is 0 Å². The van der Waals surface area contributed by atoms with Crippen LogP contribution in [0.5, 0.6) is 17.4 Å². The number of amides is 1. The molecule has 1 aliphatic heterocycles. The third kappa shape index (κ3) is 6.73. The molecule has 0 saturated carbocycles. The highest BCUT2D eigenvalue weighted by molar-refractivity contribution is 6.04. The van der Waals surface area contributed by atoms with Crippen molar-refractivity contribution in [3.05, 3.63) is 114 Å². The zero-order valence-electron chi connectivity index (χ0n) is 22.7. The largest absolute Gasteiger partial charge is 0.490 e. The number of anilines is 1. The molecule has 5 aromatic rings. The van der Waals surface area contributed by atoms with E-state index in [0.29, 0.717) is 22.9 Å². The molecule has 6 rings (SSSR count). The Hall–Kier alpha value is -4.69. The van der Waals surface area contributed by atoms with E-state index < -0.39 is 0 Å². The summed E-state index contributed by atoms with van der Waals surface area (Å²) in [6, 6.07) is 25.0. The molecular formula is C33H30FN3O4. The first-order valence-corrected chi connectivity index (χ1v) is 13.7. The van der Waals surface area contributed by atoms with E-state index in [-0.39, 0.29) is 23.6 Å². The fourth-order valence-corrected chi connectivity index (χ4v) is 4.89. The fourth-order valence-electron chi connectivity index (χ4n) is 4.89. The van der Waals surface area contributed by atoms with E-state index in [0.717, 1.165) is 43.6 Å². The zero-order chi connectivity index (χ0) is 28.2. The molecule has 0 atom stereocenters. The summed E-state index contributed by atoms with van der Waals surface area (Å²) in [5.41, 5.74) is 3.56. The van der Waals surface area contributed by atoms with Crippen LogP contribution in [0.1, 0.15) is 34.5 Å². The molecule has 1 fully saturated rings. The number of fused-ring (bicyclic) bond motifs is 1. The summed E-state index contributed by atoms with van der Waals surface area (Å²) in [6.45, 7) is 4.84. The number of aryl methyl sites for hydroxylation is 1. The van der Waals surface area contributed by atoms with Crippen LogP contribution in [0.15, 0.2) is 95.5 Å². The molecule has 0 aliphatic carbocycles. The number of hydrogen-bond donors (Lipinski definition) is 1. The Morgan fingerprint density at radius 1 is 0.976 bits per heavy atom. The van der Waals surface area contributed by atoms with Crippen LogP contribution in [0.3, 0.4) is 0 Å². The number of nitrogens with zero attached hydrogens (tertiary/aromatic N) is 2. The van der Waals surface area contributed by atoms with E-state index in [9.17, 15) is 9.18 Å². The van der Waals surface area contributed by atoms with Crippen LogP contribution < -0.4 is 14.8 Å². The number of pyridine rings is 1. The van der Waals surface area contributed by atoms with Crippen molar-refractivity contribution in [2.45, 2.75) is 32.4 Å². The van der Waals surface area contributed by atoms with Gasteiger partial charge in [0.15, 0.2) is 5.76 Å². The normalized spacial score (nSPS) is 14.2. The Bertz CT molecular complexity index is 1620. The van der Waals surface area contributed by atoms with Crippen LogP contribution in [-0.4, -0.2) is 35.0 Å². The van der Waals surface area contributed by atoms with Gasteiger partial charge in [0.1, 0.15) is 29.0 Å². The van der Waals surface area contributed by atoms with Crippen LogP contribution in [0.25, 0.3) is 11.0 Å². The molecule has 2 aromatic heterocycles. The van der Waals surface area contributed by atoms with Crippen molar-refractivity contribution in [2.24, 2.45) is 0 Å². The van der Waals surface area contributed by atoms with E-state index >= 15 is 0 Å². The molecule has 1 amide bonds. The molecule has 0 radical (unpaired) electrons. The molecule has 0 spiro atoms. The number of carbonyl (C=O) groups is 1. The van der Waals surface area contributed by atoms with Crippen molar-refractivity contribution in [3.8, 4) is 17.4 Å². The maximum absolute atomic E-state index is 13.1. The molecule has 1 saturated heterocycles. The monoisotopic (exact) mass is 551 g/mol. The second kappa shape index (κ2) is 11.8. The summed E-state index contributed by atoms with van der Waals surface area (Å²) in [5.74, 6) is 1.24. The number of furan rings is 1. The third-order valence-corrected chi connectivity index (χ3v) is 7.10. The molecular weight excluding hydrogens is 521 g/mol. The average molecular weight is 552 g/mol. The standard InChI is InChI=1S/C33H30FN3O4/c1-22-2-8-27(9-3-22)39-29-14-16-37(17-15-29)21-23-4-12-30-24(18-23)19-31(41-30)33(38)36-26-7-13-32(35-20-26)40-28-10-5-25(34)6-11-28/h2-13,18-20,29H,14-17,21H2,1H3,(H,36,38). The zero-order valence-corrected chi connectivity index (χ0v) is 22.7. The van der Waals surface area contributed by atoms with Gasteiger partial charge < -0.3 is 19.2 Å². The summed E-state index contributed by atoms with van der Waals surface area (Å²) in [4.78, 5) is 19.5. The van der Waals surface area contributed by atoms with Gasteiger partial charge in [0.2, 0.25) is 5.88 Å². The number of ether oxygens (including phenoxy) is 2. The number of hydrogen-bond acceptors (Lipinski definition) is 6. The highest BCUT2D eigenvalue weighted by atomic mass is 19.1. The highest BCUT2D eigenvalue weighted by Gasteiger charge is 2.21. The van der Waals surface area contributed by atoms with E-state index in [1.807, 2.05) is 24.3 Å². The summed E-state index contributed by atoms with van der Waals surface area (Å²) in [7, 11) is 0. The highest BCUT2D eigenvalue weighted by Crippen LogP contribution is 2.25.